The number of sulfonamides is 1. The van der Waals surface area contributed by atoms with Gasteiger partial charge in [-0.05, 0) is 37.3 Å². The van der Waals surface area contributed by atoms with Crippen molar-refractivity contribution in [3.8, 4) is 0 Å². The molecule has 0 saturated carbocycles. The van der Waals surface area contributed by atoms with Crippen LogP contribution < -0.4 is 9.73 Å². The van der Waals surface area contributed by atoms with Crippen molar-refractivity contribution in [1.82, 2.24) is 5.43 Å². The number of carbonyl (C=O) groups excluding carboxylic acids is 1. The first-order valence-electron chi connectivity index (χ1n) is 9.59. The van der Waals surface area contributed by atoms with E-state index in [-0.39, 0.29) is 21.2 Å². The van der Waals surface area contributed by atoms with E-state index in [4.69, 9.17) is 11.6 Å². The predicted octanol–water partition coefficient (Wildman–Crippen LogP) is 3.90. The third kappa shape index (κ3) is 5.93. The van der Waals surface area contributed by atoms with Crippen molar-refractivity contribution in [2.24, 2.45) is 5.10 Å². The highest BCUT2D eigenvalue weighted by Crippen LogP contribution is 2.24. The number of nitro benzene ring substituents is 1. The number of non-ortho nitro benzene ring substituents is 1. The van der Waals surface area contributed by atoms with E-state index in [9.17, 15) is 23.3 Å². The fourth-order valence-corrected chi connectivity index (χ4v) is 4.44. The number of amides is 1. The van der Waals surface area contributed by atoms with Gasteiger partial charge in [-0.3, -0.25) is 19.2 Å². The third-order valence-corrected chi connectivity index (χ3v) is 6.66. The van der Waals surface area contributed by atoms with Crippen LogP contribution in [0.2, 0.25) is 5.02 Å². The van der Waals surface area contributed by atoms with Crippen LogP contribution in [0.4, 0.5) is 11.4 Å². The summed E-state index contributed by atoms with van der Waals surface area (Å²) in [7, 11) is -4.04. The van der Waals surface area contributed by atoms with Gasteiger partial charge in [-0.15, -0.1) is 0 Å². The Morgan fingerprint density at radius 1 is 1.12 bits per heavy atom. The summed E-state index contributed by atoms with van der Waals surface area (Å²) in [6.45, 7) is 1.32. The molecule has 0 aromatic heterocycles. The van der Waals surface area contributed by atoms with Crippen molar-refractivity contribution in [2.75, 3.05) is 10.8 Å². The number of benzene rings is 3. The second-order valence-corrected chi connectivity index (χ2v) is 9.19. The summed E-state index contributed by atoms with van der Waals surface area (Å²) in [6, 6.07) is 18.2. The van der Waals surface area contributed by atoms with Crippen LogP contribution in [-0.4, -0.2) is 32.0 Å². The fraction of sp³-hybridized carbons (Fsp3) is 0.0909. The molecule has 0 unspecified atom stereocenters. The van der Waals surface area contributed by atoms with Crippen molar-refractivity contribution < 1.29 is 18.1 Å². The lowest BCUT2D eigenvalue weighted by Gasteiger charge is -2.23. The minimum Gasteiger partial charge on any atom is -0.271 e. The summed E-state index contributed by atoms with van der Waals surface area (Å²) in [5, 5.41) is 14.9. The first-order valence-corrected chi connectivity index (χ1v) is 11.4. The van der Waals surface area contributed by atoms with Gasteiger partial charge in [-0.2, -0.15) is 5.10 Å². The SMILES string of the molecule is Cc1ccc(N(CC(=O)N/N=C\c2cc([N+](=O)[O-])ccc2Cl)S(=O)(=O)c2ccccc2)cc1. The van der Waals surface area contributed by atoms with E-state index >= 15 is 0 Å². The zero-order chi connectivity index (χ0) is 24.0. The molecule has 1 N–H and O–H groups in total. The van der Waals surface area contributed by atoms with Crippen LogP contribution in [0, 0.1) is 17.0 Å². The first kappa shape index (κ1) is 23.9. The van der Waals surface area contributed by atoms with Crippen LogP contribution in [0.15, 0.2) is 82.8 Å². The normalized spacial score (nSPS) is 11.3. The van der Waals surface area contributed by atoms with Gasteiger partial charge in [0.25, 0.3) is 21.6 Å². The maximum Gasteiger partial charge on any atom is 0.270 e. The Kier molecular flexibility index (Phi) is 7.41. The number of hydrazone groups is 1. The maximum atomic E-state index is 13.2. The average molecular weight is 487 g/mol. The molecule has 0 fully saturated rings. The molecule has 0 aliphatic carbocycles. The molecule has 3 aromatic carbocycles. The molecule has 0 bridgehead atoms. The Morgan fingerprint density at radius 2 is 1.79 bits per heavy atom. The predicted molar refractivity (Wildman–Crippen MR) is 126 cm³/mol. The number of nitrogens with zero attached hydrogens (tertiary/aromatic N) is 3. The lowest BCUT2D eigenvalue weighted by molar-refractivity contribution is -0.384. The van der Waals surface area contributed by atoms with E-state index in [0.717, 1.165) is 16.1 Å². The minimum absolute atomic E-state index is 0.0326. The van der Waals surface area contributed by atoms with Crippen molar-refractivity contribution in [3.63, 3.8) is 0 Å². The third-order valence-electron chi connectivity index (χ3n) is 4.52. The van der Waals surface area contributed by atoms with Crippen LogP contribution in [0.3, 0.4) is 0 Å². The Labute approximate surface area is 195 Å². The number of nitrogens with one attached hydrogen (secondary N) is 1. The van der Waals surface area contributed by atoms with Crippen LogP contribution in [-0.2, 0) is 14.8 Å². The highest BCUT2D eigenvalue weighted by atomic mass is 35.5. The quantitative estimate of drug-likeness (QED) is 0.294. The number of anilines is 1. The highest BCUT2D eigenvalue weighted by Gasteiger charge is 2.27. The van der Waals surface area contributed by atoms with Crippen molar-refractivity contribution in [2.45, 2.75) is 11.8 Å². The second-order valence-electron chi connectivity index (χ2n) is 6.92. The summed E-state index contributed by atoms with van der Waals surface area (Å²) in [5.74, 6) is -0.715. The van der Waals surface area contributed by atoms with E-state index in [1.165, 1.54) is 30.3 Å². The molecule has 0 heterocycles. The Balaban J connectivity index is 1.82. The maximum absolute atomic E-state index is 13.2. The van der Waals surface area contributed by atoms with E-state index < -0.39 is 27.4 Å². The lowest BCUT2D eigenvalue weighted by Crippen LogP contribution is -2.39. The van der Waals surface area contributed by atoms with Gasteiger partial charge in [0.2, 0.25) is 0 Å². The molecule has 0 aliphatic heterocycles. The second kappa shape index (κ2) is 10.2. The molecule has 3 aromatic rings. The van der Waals surface area contributed by atoms with Crippen molar-refractivity contribution >= 4 is 45.1 Å². The Morgan fingerprint density at radius 3 is 2.42 bits per heavy atom. The van der Waals surface area contributed by atoms with Gasteiger partial charge in [-0.1, -0.05) is 47.5 Å². The summed E-state index contributed by atoms with van der Waals surface area (Å²) in [5.41, 5.74) is 3.51. The summed E-state index contributed by atoms with van der Waals surface area (Å²) in [6.07, 6.45) is 1.15. The molecule has 0 radical (unpaired) electrons. The molecule has 33 heavy (non-hydrogen) atoms. The van der Waals surface area contributed by atoms with Crippen LogP contribution in [0.25, 0.3) is 0 Å². The minimum atomic E-state index is -4.04. The Hall–Kier alpha value is -3.76. The topological polar surface area (TPSA) is 122 Å². The molecule has 9 nitrogen and oxygen atoms in total. The van der Waals surface area contributed by atoms with Crippen molar-refractivity contribution in [3.05, 3.63) is 99.1 Å². The average Bonchev–Trinajstić information content (AvgIpc) is 2.80. The van der Waals surface area contributed by atoms with Gasteiger partial charge in [-0.25, -0.2) is 13.8 Å². The monoisotopic (exact) mass is 486 g/mol. The molecule has 0 spiro atoms. The number of hydrogen-bond acceptors (Lipinski definition) is 6. The summed E-state index contributed by atoms with van der Waals surface area (Å²) in [4.78, 5) is 22.9. The van der Waals surface area contributed by atoms with Gasteiger partial charge < -0.3 is 0 Å². The van der Waals surface area contributed by atoms with Gasteiger partial charge >= 0.3 is 0 Å². The molecule has 0 atom stereocenters. The van der Waals surface area contributed by atoms with Crippen molar-refractivity contribution in [1.29, 1.82) is 0 Å². The first-order chi connectivity index (χ1) is 15.7. The van der Waals surface area contributed by atoms with Crippen LogP contribution in [0.5, 0.6) is 0 Å². The molecule has 3 rings (SSSR count). The molecular formula is C22H19ClN4O5S. The van der Waals surface area contributed by atoms with E-state index in [1.807, 2.05) is 6.92 Å². The highest BCUT2D eigenvalue weighted by molar-refractivity contribution is 7.92. The number of aryl methyl sites for hydroxylation is 1. The smallest absolute Gasteiger partial charge is 0.270 e. The van der Waals surface area contributed by atoms with E-state index in [2.05, 4.69) is 10.5 Å². The molecule has 0 aliphatic rings. The fourth-order valence-electron chi connectivity index (χ4n) is 2.83. The molecule has 170 valence electrons. The molecule has 0 saturated heterocycles. The van der Waals surface area contributed by atoms with E-state index in [0.29, 0.717) is 5.69 Å². The summed E-state index contributed by atoms with van der Waals surface area (Å²) >= 11 is 6.01. The zero-order valence-electron chi connectivity index (χ0n) is 17.4. The number of rotatable bonds is 8. The molecular weight excluding hydrogens is 468 g/mol. The number of hydrogen-bond donors (Lipinski definition) is 1. The zero-order valence-corrected chi connectivity index (χ0v) is 19.0. The van der Waals surface area contributed by atoms with Crippen LogP contribution >= 0.6 is 11.6 Å². The number of carbonyl (C=O) groups is 1. The summed E-state index contributed by atoms with van der Waals surface area (Å²) < 4.78 is 27.4. The molecule has 1 amide bonds. The largest absolute Gasteiger partial charge is 0.271 e. The Bertz CT molecular complexity index is 1300. The van der Waals surface area contributed by atoms with Crippen LogP contribution in [0.1, 0.15) is 11.1 Å². The van der Waals surface area contributed by atoms with Gasteiger partial charge in [0, 0.05) is 22.7 Å². The lowest BCUT2D eigenvalue weighted by atomic mass is 10.2. The molecule has 11 heteroatoms. The number of halogens is 1. The number of nitro groups is 1. The van der Waals surface area contributed by atoms with Gasteiger partial charge in [0.15, 0.2) is 0 Å². The van der Waals surface area contributed by atoms with E-state index in [1.54, 1.807) is 42.5 Å². The van der Waals surface area contributed by atoms with Gasteiger partial charge in [0.1, 0.15) is 6.54 Å². The van der Waals surface area contributed by atoms with Gasteiger partial charge in [0.05, 0.1) is 21.7 Å². The standard InChI is InChI=1S/C22H19ClN4O5S/c1-16-7-9-18(10-8-16)26(33(31,32)20-5-3-2-4-6-20)15-22(28)25-24-14-17-13-19(27(29)30)11-12-21(17)23/h2-14H,15H2,1H3,(H,25,28)/b24-14-.